The van der Waals surface area contributed by atoms with E-state index in [1.54, 1.807) is 24.3 Å². The minimum absolute atomic E-state index is 0.172. The lowest BCUT2D eigenvalue weighted by Gasteiger charge is -2.36. The molecule has 2 aromatic carbocycles. The number of benzene rings is 2. The highest BCUT2D eigenvalue weighted by atomic mass is 32.2. The Hall–Kier alpha value is -2.42. The molecule has 1 heterocycles. The lowest BCUT2D eigenvalue weighted by molar-refractivity contribution is -0.123. The molecular formula is C26H38N4O3S. The number of hydrogen-bond acceptors (Lipinski definition) is 5. The number of carbonyl (C=O) groups excluding carboxylic acids is 1. The molecule has 1 saturated heterocycles. The van der Waals surface area contributed by atoms with Crippen LogP contribution in [-0.4, -0.2) is 64.5 Å². The third-order valence-electron chi connectivity index (χ3n) is 6.12. The molecule has 2 N–H and O–H groups in total. The van der Waals surface area contributed by atoms with Crippen molar-refractivity contribution in [3.8, 4) is 0 Å². The van der Waals surface area contributed by atoms with Gasteiger partial charge in [0.15, 0.2) is 0 Å². The molecule has 1 unspecified atom stereocenters. The summed E-state index contributed by atoms with van der Waals surface area (Å²) in [6.07, 6.45) is 0.437. The molecule has 186 valence electrons. The van der Waals surface area contributed by atoms with Gasteiger partial charge in [-0.2, -0.15) is 4.72 Å². The van der Waals surface area contributed by atoms with Crippen molar-refractivity contribution in [2.75, 3.05) is 44.2 Å². The topological polar surface area (TPSA) is 81.7 Å². The smallest absolute Gasteiger partial charge is 0.241 e. The summed E-state index contributed by atoms with van der Waals surface area (Å²) < 4.78 is 28.3. The number of sulfonamides is 1. The van der Waals surface area contributed by atoms with Crippen molar-refractivity contribution in [2.45, 2.75) is 45.1 Å². The molecule has 0 spiro atoms. The highest BCUT2D eigenvalue weighted by Gasteiger charge is 2.26. The molecule has 0 saturated carbocycles. The van der Waals surface area contributed by atoms with E-state index < -0.39 is 16.1 Å². The van der Waals surface area contributed by atoms with Gasteiger partial charge in [-0.1, -0.05) is 43.7 Å². The van der Waals surface area contributed by atoms with Crippen LogP contribution in [0.1, 0.15) is 31.4 Å². The number of amides is 1. The van der Waals surface area contributed by atoms with E-state index in [2.05, 4.69) is 51.0 Å². The molecule has 1 atom stereocenters. The fourth-order valence-electron chi connectivity index (χ4n) is 4.17. The molecule has 3 rings (SSSR count). The Bertz CT molecular complexity index is 1050. The van der Waals surface area contributed by atoms with Crippen molar-refractivity contribution in [3.63, 3.8) is 0 Å². The molecule has 1 amide bonds. The monoisotopic (exact) mass is 486 g/mol. The maximum Gasteiger partial charge on any atom is 0.241 e. The van der Waals surface area contributed by atoms with Gasteiger partial charge in [-0.3, -0.25) is 9.69 Å². The van der Waals surface area contributed by atoms with Gasteiger partial charge in [-0.25, -0.2) is 8.42 Å². The quantitative estimate of drug-likeness (QED) is 0.540. The number of piperazine rings is 1. The second-order valence-electron chi connectivity index (χ2n) is 9.58. The van der Waals surface area contributed by atoms with E-state index in [0.717, 1.165) is 38.3 Å². The van der Waals surface area contributed by atoms with Crippen LogP contribution in [0.4, 0.5) is 5.69 Å². The van der Waals surface area contributed by atoms with Gasteiger partial charge in [0.25, 0.3) is 0 Å². The minimum atomic E-state index is -3.77. The van der Waals surface area contributed by atoms with Crippen LogP contribution in [0.2, 0.25) is 0 Å². The van der Waals surface area contributed by atoms with Crippen LogP contribution in [0.15, 0.2) is 53.4 Å². The van der Waals surface area contributed by atoms with Crippen LogP contribution in [0, 0.1) is 19.8 Å². The van der Waals surface area contributed by atoms with Gasteiger partial charge in [0.1, 0.15) is 6.04 Å². The third kappa shape index (κ3) is 7.55. The second kappa shape index (κ2) is 11.8. The van der Waals surface area contributed by atoms with Gasteiger partial charge in [-0.05, 0) is 56.0 Å². The standard InChI is InChI=1S/C26H38N4O3S/c1-20(2)18-25(28-34(32,33)24-10-8-21(3)9-11-24)26(31)27-12-13-29-14-16-30(17-15-29)23-7-5-6-22(4)19-23/h5-11,19-20,25,28H,12-18H2,1-4H3,(H,27,31). The molecule has 34 heavy (non-hydrogen) atoms. The summed E-state index contributed by atoms with van der Waals surface area (Å²) in [6, 6.07) is 14.4. The number of anilines is 1. The lowest BCUT2D eigenvalue weighted by atomic mass is 10.0. The molecule has 8 heteroatoms. The number of hydrogen-bond donors (Lipinski definition) is 2. The summed E-state index contributed by atoms with van der Waals surface area (Å²) in [4.78, 5) is 17.8. The average molecular weight is 487 g/mol. The Balaban J connectivity index is 1.49. The Morgan fingerprint density at radius 2 is 1.65 bits per heavy atom. The van der Waals surface area contributed by atoms with Crippen molar-refractivity contribution in [1.29, 1.82) is 0 Å². The molecule has 7 nitrogen and oxygen atoms in total. The number of nitrogens with one attached hydrogen (secondary N) is 2. The molecular weight excluding hydrogens is 448 g/mol. The van der Waals surface area contributed by atoms with Crippen LogP contribution in [-0.2, 0) is 14.8 Å². The SMILES string of the molecule is Cc1ccc(S(=O)(=O)NC(CC(C)C)C(=O)NCCN2CCN(c3cccc(C)c3)CC2)cc1. The summed E-state index contributed by atoms with van der Waals surface area (Å²) >= 11 is 0. The molecule has 1 aliphatic heterocycles. The summed E-state index contributed by atoms with van der Waals surface area (Å²) in [7, 11) is -3.77. The van der Waals surface area contributed by atoms with E-state index in [-0.39, 0.29) is 16.7 Å². The Morgan fingerprint density at radius 3 is 2.26 bits per heavy atom. The van der Waals surface area contributed by atoms with E-state index in [4.69, 9.17) is 0 Å². The first-order valence-electron chi connectivity index (χ1n) is 12.0. The van der Waals surface area contributed by atoms with E-state index >= 15 is 0 Å². The molecule has 2 aromatic rings. The zero-order chi connectivity index (χ0) is 24.7. The number of rotatable bonds is 10. The first-order valence-corrected chi connectivity index (χ1v) is 13.5. The summed E-state index contributed by atoms with van der Waals surface area (Å²) in [5.74, 6) is -0.103. The maximum absolute atomic E-state index is 12.9. The fourth-order valence-corrected chi connectivity index (χ4v) is 5.38. The summed E-state index contributed by atoms with van der Waals surface area (Å²) in [5, 5.41) is 2.95. The van der Waals surface area contributed by atoms with Crippen molar-refractivity contribution < 1.29 is 13.2 Å². The third-order valence-corrected chi connectivity index (χ3v) is 7.61. The second-order valence-corrected chi connectivity index (χ2v) is 11.3. The number of nitrogens with zero attached hydrogens (tertiary/aromatic N) is 2. The first-order chi connectivity index (χ1) is 16.1. The minimum Gasteiger partial charge on any atom is -0.369 e. The van der Waals surface area contributed by atoms with Crippen LogP contribution < -0.4 is 14.9 Å². The summed E-state index contributed by atoms with van der Waals surface area (Å²) in [6.45, 7) is 13.0. The van der Waals surface area contributed by atoms with Crippen LogP contribution in [0.25, 0.3) is 0 Å². The van der Waals surface area contributed by atoms with Crippen molar-refractivity contribution in [2.24, 2.45) is 5.92 Å². The zero-order valence-corrected chi connectivity index (χ0v) is 21.6. The zero-order valence-electron chi connectivity index (χ0n) is 20.8. The van der Waals surface area contributed by atoms with Crippen molar-refractivity contribution >= 4 is 21.6 Å². The summed E-state index contributed by atoms with van der Waals surface area (Å²) in [5.41, 5.74) is 3.50. The van der Waals surface area contributed by atoms with Crippen LogP contribution >= 0.6 is 0 Å². The predicted octanol–water partition coefficient (Wildman–Crippen LogP) is 2.93. The molecule has 1 fully saturated rings. The number of aryl methyl sites for hydroxylation is 2. The molecule has 0 radical (unpaired) electrons. The first kappa shape index (κ1) is 26.2. The lowest BCUT2D eigenvalue weighted by Crippen LogP contribution is -2.51. The fraction of sp³-hybridized carbons (Fsp3) is 0.500. The van der Waals surface area contributed by atoms with Gasteiger partial charge < -0.3 is 10.2 Å². The highest BCUT2D eigenvalue weighted by Crippen LogP contribution is 2.18. The van der Waals surface area contributed by atoms with Crippen LogP contribution in [0.3, 0.4) is 0 Å². The van der Waals surface area contributed by atoms with E-state index in [0.29, 0.717) is 13.0 Å². The van der Waals surface area contributed by atoms with Gasteiger partial charge in [0.2, 0.25) is 15.9 Å². The van der Waals surface area contributed by atoms with E-state index in [1.165, 1.54) is 11.3 Å². The Morgan fingerprint density at radius 1 is 0.971 bits per heavy atom. The predicted molar refractivity (Wildman–Crippen MR) is 138 cm³/mol. The molecule has 0 aromatic heterocycles. The van der Waals surface area contributed by atoms with Gasteiger partial charge in [0.05, 0.1) is 4.90 Å². The molecule has 0 aliphatic carbocycles. The molecule has 1 aliphatic rings. The van der Waals surface area contributed by atoms with Gasteiger partial charge >= 0.3 is 0 Å². The largest absolute Gasteiger partial charge is 0.369 e. The van der Waals surface area contributed by atoms with Gasteiger partial charge in [0, 0.05) is 45.0 Å². The molecule has 0 bridgehead atoms. The normalized spacial score (nSPS) is 16.0. The van der Waals surface area contributed by atoms with E-state index in [1.807, 2.05) is 20.8 Å². The highest BCUT2D eigenvalue weighted by molar-refractivity contribution is 7.89. The Kier molecular flexibility index (Phi) is 9.10. The van der Waals surface area contributed by atoms with Crippen molar-refractivity contribution in [1.82, 2.24) is 14.9 Å². The van der Waals surface area contributed by atoms with Gasteiger partial charge in [-0.15, -0.1) is 0 Å². The van der Waals surface area contributed by atoms with Crippen molar-refractivity contribution in [3.05, 3.63) is 59.7 Å². The maximum atomic E-state index is 12.9. The average Bonchev–Trinajstić information content (AvgIpc) is 2.79. The Labute approximate surface area is 204 Å². The van der Waals surface area contributed by atoms with Crippen LogP contribution in [0.5, 0.6) is 0 Å². The van der Waals surface area contributed by atoms with E-state index in [9.17, 15) is 13.2 Å². The number of carbonyl (C=O) groups is 1.